The fourth-order valence-electron chi connectivity index (χ4n) is 2.19. The van der Waals surface area contributed by atoms with Gasteiger partial charge in [0, 0.05) is 10.6 Å². The minimum atomic E-state index is -0.397. The van der Waals surface area contributed by atoms with E-state index in [0.717, 1.165) is 0 Å². The SMILES string of the molecule is O=Cc1c(-c2ccccc2Cl)[nH]n(-c2ccccc2)c1=O. The number of carbonyl (C=O) groups excluding carboxylic acids is 1. The summed E-state index contributed by atoms with van der Waals surface area (Å²) in [6, 6.07) is 16.1. The predicted molar refractivity (Wildman–Crippen MR) is 82.2 cm³/mol. The molecule has 2 aromatic carbocycles. The molecule has 0 aliphatic carbocycles. The van der Waals surface area contributed by atoms with Crippen LogP contribution in [0.3, 0.4) is 0 Å². The number of halogens is 1. The van der Waals surface area contributed by atoms with E-state index in [9.17, 15) is 9.59 Å². The Morgan fingerprint density at radius 2 is 1.67 bits per heavy atom. The second-order valence-corrected chi connectivity index (χ2v) is 4.88. The van der Waals surface area contributed by atoms with Crippen LogP contribution < -0.4 is 5.56 Å². The standard InChI is InChI=1S/C16H11ClN2O2/c17-14-9-5-4-8-12(14)15-13(10-20)16(21)19(18-15)11-6-2-1-3-7-11/h1-10,18H. The van der Waals surface area contributed by atoms with Crippen molar-refractivity contribution in [2.45, 2.75) is 0 Å². The number of rotatable bonds is 3. The molecule has 5 heteroatoms. The van der Waals surface area contributed by atoms with Crippen molar-refractivity contribution in [2.75, 3.05) is 0 Å². The number of aromatic nitrogens is 2. The summed E-state index contributed by atoms with van der Waals surface area (Å²) in [5, 5.41) is 3.44. The molecule has 0 bridgehead atoms. The Balaban J connectivity index is 2.27. The van der Waals surface area contributed by atoms with Gasteiger partial charge >= 0.3 is 0 Å². The maximum absolute atomic E-state index is 12.4. The van der Waals surface area contributed by atoms with Crippen LogP contribution in [0.1, 0.15) is 10.4 Å². The number of aromatic amines is 1. The Kier molecular flexibility index (Phi) is 3.46. The van der Waals surface area contributed by atoms with Crippen molar-refractivity contribution in [1.82, 2.24) is 9.78 Å². The minimum absolute atomic E-state index is 0.0620. The van der Waals surface area contributed by atoms with E-state index in [2.05, 4.69) is 5.10 Å². The van der Waals surface area contributed by atoms with Gasteiger partial charge in [-0.15, -0.1) is 0 Å². The third-order valence-corrected chi connectivity index (χ3v) is 3.53. The molecule has 1 heterocycles. The van der Waals surface area contributed by atoms with Crippen LogP contribution in [0.5, 0.6) is 0 Å². The first-order valence-corrected chi connectivity index (χ1v) is 6.70. The Labute approximate surface area is 125 Å². The molecule has 0 aliphatic heterocycles. The van der Waals surface area contributed by atoms with E-state index in [4.69, 9.17) is 11.6 Å². The average Bonchev–Trinajstić information content (AvgIpc) is 2.85. The molecule has 0 radical (unpaired) electrons. The number of aldehydes is 1. The van der Waals surface area contributed by atoms with Crippen molar-refractivity contribution in [3.8, 4) is 16.9 Å². The number of hydrogen-bond donors (Lipinski definition) is 1. The van der Waals surface area contributed by atoms with Gasteiger partial charge in [0.05, 0.1) is 11.4 Å². The molecule has 21 heavy (non-hydrogen) atoms. The predicted octanol–water partition coefficient (Wildman–Crippen LogP) is 3.30. The summed E-state index contributed by atoms with van der Waals surface area (Å²) in [6.45, 7) is 0. The molecule has 0 aliphatic rings. The monoisotopic (exact) mass is 298 g/mol. The molecule has 104 valence electrons. The van der Waals surface area contributed by atoms with E-state index < -0.39 is 5.56 Å². The molecule has 0 unspecified atom stereocenters. The van der Waals surface area contributed by atoms with Crippen LogP contribution in [0, 0.1) is 0 Å². The van der Waals surface area contributed by atoms with Gasteiger partial charge in [0.25, 0.3) is 5.56 Å². The first kappa shape index (κ1) is 13.4. The number of benzene rings is 2. The van der Waals surface area contributed by atoms with Crippen molar-refractivity contribution in [3.63, 3.8) is 0 Å². The number of nitrogens with one attached hydrogen (secondary N) is 1. The van der Waals surface area contributed by atoms with Crippen LogP contribution in [-0.4, -0.2) is 16.1 Å². The average molecular weight is 299 g/mol. The number of carbonyl (C=O) groups is 1. The molecule has 0 spiro atoms. The molecule has 0 atom stereocenters. The van der Waals surface area contributed by atoms with E-state index in [-0.39, 0.29) is 5.56 Å². The van der Waals surface area contributed by atoms with Crippen LogP contribution in [0.2, 0.25) is 5.02 Å². The number of hydrogen-bond acceptors (Lipinski definition) is 2. The quantitative estimate of drug-likeness (QED) is 0.754. The Hall–Kier alpha value is -2.59. The molecule has 0 amide bonds. The highest BCUT2D eigenvalue weighted by Crippen LogP contribution is 2.27. The molecule has 0 saturated carbocycles. The number of para-hydroxylation sites is 1. The second-order valence-electron chi connectivity index (χ2n) is 4.47. The summed E-state index contributed by atoms with van der Waals surface area (Å²) < 4.78 is 1.34. The molecular formula is C16H11ClN2O2. The molecule has 1 aromatic heterocycles. The maximum Gasteiger partial charge on any atom is 0.282 e. The third kappa shape index (κ3) is 2.30. The van der Waals surface area contributed by atoms with Gasteiger partial charge in [-0.1, -0.05) is 48.0 Å². The summed E-state index contributed by atoms with van der Waals surface area (Å²) in [7, 11) is 0. The largest absolute Gasteiger partial charge is 0.298 e. The van der Waals surface area contributed by atoms with E-state index in [1.807, 2.05) is 18.2 Å². The molecule has 0 fully saturated rings. The van der Waals surface area contributed by atoms with Gasteiger partial charge in [0.2, 0.25) is 0 Å². The zero-order valence-electron chi connectivity index (χ0n) is 10.9. The molecule has 0 saturated heterocycles. The zero-order valence-corrected chi connectivity index (χ0v) is 11.7. The summed E-state index contributed by atoms with van der Waals surface area (Å²) in [5.41, 5.74) is 1.36. The summed E-state index contributed by atoms with van der Waals surface area (Å²) in [5.74, 6) is 0. The van der Waals surface area contributed by atoms with Gasteiger partial charge in [-0.25, -0.2) is 4.68 Å². The third-order valence-electron chi connectivity index (χ3n) is 3.20. The van der Waals surface area contributed by atoms with E-state index >= 15 is 0 Å². The lowest BCUT2D eigenvalue weighted by Crippen LogP contribution is -2.16. The Morgan fingerprint density at radius 3 is 2.33 bits per heavy atom. The lowest BCUT2D eigenvalue weighted by Gasteiger charge is -2.03. The zero-order chi connectivity index (χ0) is 14.8. The van der Waals surface area contributed by atoms with E-state index in [1.165, 1.54) is 4.68 Å². The van der Waals surface area contributed by atoms with Crippen LogP contribution in [-0.2, 0) is 0 Å². The van der Waals surface area contributed by atoms with Gasteiger partial charge < -0.3 is 0 Å². The van der Waals surface area contributed by atoms with Crippen molar-refractivity contribution in [2.24, 2.45) is 0 Å². The van der Waals surface area contributed by atoms with Crippen LogP contribution in [0.4, 0.5) is 0 Å². The van der Waals surface area contributed by atoms with E-state index in [0.29, 0.717) is 28.3 Å². The highest BCUT2D eigenvalue weighted by molar-refractivity contribution is 6.33. The second kappa shape index (κ2) is 5.42. The molecule has 1 N–H and O–H groups in total. The summed E-state index contributed by atoms with van der Waals surface area (Å²) in [6.07, 6.45) is 0.553. The van der Waals surface area contributed by atoms with E-state index in [1.54, 1.807) is 36.4 Å². The van der Waals surface area contributed by atoms with Crippen LogP contribution in [0.15, 0.2) is 59.4 Å². The molecule has 3 rings (SSSR count). The van der Waals surface area contributed by atoms with Crippen LogP contribution in [0.25, 0.3) is 16.9 Å². The lowest BCUT2D eigenvalue weighted by atomic mass is 10.1. The van der Waals surface area contributed by atoms with Gasteiger partial charge in [0.15, 0.2) is 6.29 Å². The van der Waals surface area contributed by atoms with Crippen molar-refractivity contribution in [3.05, 3.63) is 75.5 Å². The smallest absolute Gasteiger partial charge is 0.282 e. The van der Waals surface area contributed by atoms with Gasteiger partial charge in [-0.2, -0.15) is 0 Å². The van der Waals surface area contributed by atoms with Crippen molar-refractivity contribution >= 4 is 17.9 Å². The van der Waals surface area contributed by atoms with Gasteiger partial charge in [-0.05, 0) is 18.2 Å². The lowest BCUT2D eigenvalue weighted by molar-refractivity contribution is 0.112. The highest BCUT2D eigenvalue weighted by Gasteiger charge is 2.17. The topological polar surface area (TPSA) is 54.9 Å². The molecular weight excluding hydrogens is 288 g/mol. The Morgan fingerprint density at radius 1 is 1.00 bits per heavy atom. The highest BCUT2D eigenvalue weighted by atomic mass is 35.5. The first-order valence-electron chi connectivity index (χ1n) is 6.33. The first-order chi connectivity index (χ1) is 10.2. The number of H-pyrrole nitrogens is 1. The number of nitrogens with zero attached hydrogens (tertiary/aromatic N) is 1. The fourth-order valence-corrected chi connectivity index (χ4v) is 2.42. The maximum atomic E-state index is 12.4. The normalized spacial score (nSPS) is 10.5. The fraction of sp³-hybridized carbons (Fsp3) is 0. The summed E-state index contributed by atoms with van der Waals surface area (Å²) in [4.78, 5) is 23.7. The Bertz CT molecular complexity index is 850. The molecule has 3 aromatic rings. The van der Waals surface area contributed by atoms with Crippen LogP contribution >= 0.6 is 11.6 Å². The summed E-state index contributed by atoms with van der Waals surface area (Å²) >= 11 is 6.15. The molecule has 4 nitrogen and oxygen atoms in total. The van der Waals surface area contributed by atoms with Crippen molar-refractivity contribution in [1.29, 1.82) is 0 Å². The van der Waals surface area contributed by atoms with Gasteiger partial charge in [0.1, 0.15) is 5.56 Å². The van der Waals surface area contributed by atoms with Crippen molar-refractivity contribution < 1.29 is 4.79 Å². The van der Waals surface area contributed by atoms with Gasteiger partial charge in [-0.3, -0.25) is 14.7 Å². The minimum Gasteiger partial charge on any atom is -0.298 e.